The fourth-order valence-electron chi connectivity index (χ4n) is 3.44. The third-order valence-corrected chi connectivity index (χ3v) is 4.88. The number of hydrogen-bond donors (Lipinski definition) is 3. The van der Waals surface area contributed by atoms with Gasteiger partial charge in [-0.25, -0.2) is 4.79 Å². The molecule has 27 heavy (non-hydrogen) atoms. The van der Waals surface area contributed by atoms with E-state index < -0.39 is 5.97 Å². The summed E-state index contributed by atoms with van der Waals surface area (Å²) in [6, 6.07) is 10.0. The molecule has 1 aliphatic carbocycles. The molecule has 3 N–H and O–H groups in total. The van der Waals surface area contributed by atoms with Crippen LogP contribution in [0.25, 0.3) is 11.3 Å². The van der Waals surface area contributed by atoms with E-state index in [0.717, 1.165) is 37.7 Å². The maximum absolute atomic E-state index is 11.7. The molecule has 8 heteroatoms. The van der Waals surface area contributed by atoms with Gasteiger partial charge in [0.05, 0.1) is 0 Å². The molecule has 144 valence electrons. The minimum atomic E-state index is -1.02. The van der Waals surface area contributed by atoms with Crippen LogP contribution in [-0.2, 0) is 4.79 Å². The van der Waals surface area contributed by atoms with E-state index in [1.165, 1.54) is 12.8 Å². The number of aromatic nitrogens is 1. The number of nitrogens with one attached hydrogen (secondary N) is 1. The molecule has 1 atom stereocenters. The van der Waals surface area contributed by atoms with Crippen LogP contribution in [0.3, 0.4) is 0 Å². The number of aromatic carboxylic acids is 1. The smallest absolute Gasteiger partial charge is 0.343 e. The van der Waals surface area contributed by atoms with Crippen molar-refractivity contribution < 1.29 is 24.3 Å². The minimum Gasteiger partial charge on any atom is -0.483 e. The van der Waals surface area contributed by atoms with Crippen molar-refractivity contribution >= 4 is 18.3 Å². The summed E-state index contributed by atoms with van der Waals surface area (Å²) < 4.78 is 5.32. The second kappa shape index (κ2) is 8.68. The number of nitrogens with zero attached hydrogens (tertiary/aromatic N) is 2. The Hall–Kier alpha value is -2.87. The van der Waals surface area contributed by atoms with Crippen molar-refractivity contribution in [1.82, 2.24) is 10.1 Å². The first kappa shape index (κ1) is 18.9. The number of hydrogen-bond acceptors (Lipinski definition) is 6. The molecule has 1 aromatic heterocycles. The van der Waals surface area contributed by atoms with E-state index in [0.29, 0.717) is 17.5 Å². The summed E-state index contributed by atoms with van der Waals surface area (Å²) in [7, 11) is 0. The lowest BCUT2D eigenvalue weighted by Crippen LogP contribution is -2.25. The Balaban J connectivity index is 0.000000659. The first-order valence-electron chi connectivity index (χ1n) is 8.98. The van der Waals surface area contributed by atoms with Gasteiger partial charge in [-0.3, -0.25) is 4.79 Å². The number of benzene rings is 1. The maximum Gasteiger partial charge on any atom is 0.343 e. The standard InChI is InChI=1S/C18H21N3O3.CH2O2/c22-18(23)15-16(13-4-2-1-3-5-13)24-20-17(15)19-10-12-8-9-21(11-12)14-6-7-14;2-1-3/h1-5,12,14H,6-11H2,(H,19,20)(H,22,23);1H,(H,2,3). The molecule has 0 amide bonds. The molecule has 0 bridgehead atoms. The molecule has 2 aromatic rings. The van der Waals surface area contributed by atoms with Gasteiger partial charge in [0, 0.05) is 24.7 Å². The number of carboxylic acid groups (broad SMARTS) is 2. The summed E-state index contributed by atoms with van der Waals surface area (Å²) in [6.45, 7) is 2.71. The van der Waals surface area contributed by atoms with Gasteiger partial charge in [-0.05, 0) is 31.7 Å². The van der Waals surface area contributed by atoms with Crippen molar-refractivity contribution in [3.8, 4) is 11.3 Å². The molecule has 1 unspecified atom stereocenters. The van der Waals surface area contributed by atoms with Gasteiger partial charge in [0.2, 0.25) is 0 Å². The molecule has 4 rings (SSSR count). The molecule has 0 spiro atoms. The Labute approximate surface area is 156 Å². The molecule has 1 saturated heterocycles. The normalized spacial score (nSPS) is 19.2. The number of carbonyl (C=O) groups is 2. The van der Waals surface area contributed by atoms with E-state index in [1.54, 1.807) is 0 Å². The van der Waals surface area contributed by atoms with Gasteiger partial charge in [-0.15, -0.1) is 0 Å². The zero-order valence-electron chi connectivity index (χ0n) is 14.9. The zero-order valence-corrected chi connectivity index (χ0v) is 14.9. The van der Waals surface area contributed by atoms with E-state index in [2.05, 4.69) is 15.4 Å². The van der Waals surface area contributed by atoms with Gasteiger partial charge in [-0.2, -0.15) is 0 Å². The monoisotopic (exact) mass is 373 g/mol. The minimum absolute atomic E-state index is 0.109. The van der Waals surface area contributed by atoms with Gasteiger partial charge >= 0.3 is 5.97 Å². The van der Waals surface area contributed by atoms with Crippen molar-refractivity contribution in [2.45, 2.75) is 25.3 Å². The Morgan fingerprint density at radius 1 is 1.30 bits per heavy atom. The molecule has 0 radical (unpaired) electrons. The molecular weight excluding hydrogens is 350 g/mol. The molecular formula is C19H23N3O5. The Morgan fingerprint density at radius 3 is 2.63 bits per heavy atom. The lowest BCUT2D eigenvalue weighted by Gasteiger charge is -2.15. The van der Waals surface area contributed by atoms with Crippen molar-refractivity contribution in [1.29, 1.82) is 0 Å². The predicted octanol–water partition coefficient (Wildman–Crippen LogP) is 2.64. The Morgan fingerprint density at radius 2 is 2.00 bits per heavy atom. The second-order valence-electron chi connectivity index (χ2n) is 6.77. The number of anilines is 1. The van der Waals surface area contributed by atoms with E-state index in [9.17, 15) is 9.90 Å². The van der Waals surface area contributed by atoms with Crippen LogP contribution in [0.5, 0.6) is 0 Å². The van der Waals surface area contributed by atoms with Crippen LogP contribution in [-0.4, -0.2) is 58.4 Å². The van der Waals surface area contributed by atoms with Crippen LogP contribution in [0, 0.1) is 5.92 Å². The molecule has 1 aromatic carbocycles. The van der Waals surface area contributed by atoms with Gasteiger partial charge < -0.3 is 25.0 Å². The highest BCUT2D eigenvalue weighted by molar-refractivity contribution is 5.99. The molecule has 1 aliphatic heterocycles. The summed E-state index contributed by atoms with van der Waals surface area (Å²) in [6.07, 6.45) is 3.80. The van der Waals surface area contributed by atoms with Crippen LogP contribution in [0.2, 0.25) is 0 Å². The molecule has 8 nitrogen and oxygen atoms in total. The largest absolute Gasteiger partial charge is 0.483 e. The van der Waals surface area contributed by atoms with Gasteiger partial charge in [0.1, 0.15) is 0 Å². The average molecular weight is 373 g/mol. The lowest BCUT2D eigenvalue weighted by molar-refractivity contribution is -0.122. The molecule has 2 fully saturated rings. The molecule has 2 aliphatic rings. The van der Waals surface area contributed by atoms with E-state index in [-0.39, 0.29) is 12.0 Å². The van der Waals surface area contributed by atoms with Crippen molar-refractivity contribution in [3.63, 3.8) is 0 Å². The fraction of sp³-hybridized carbons (Fsp3) is 0.421. The van der Waals surface area contributed by atoms with Crippen LogP contribution in [0.1, 0.15) is 29.6 Å². The highest BCUT2D eigenvalue weighted by Crippen LogP contribution is 2.33. The SMILES string of the molecule is O=C(O)c1c(NCC2CCN(C3CC3)C2)noc1-c1ccccc1.O=CO. The summed E-state index contributed by atoms with van der Waals surface area (Å²) in [5.74, 6) is 0.135. The molecule has 1 saturated carbocycles. The first-order chi connectivity index (χ1) is 13.1. The van der Waals surface area contributed by atoms with Crippen LogP contribution < -0.4 is 5.32 Å². The summed E-state index contributed by atoms with van der Waals surface area (Å²) >= 11 is 0. The third-order valence-electron chi connectivity index (χ3n) is 4.88. The summed E-state index contributed by atoms with van der Waals surface area (Å²) in [5.41, 5.74) is 0.828. The fourth-order valence-corrected chi connectivity index (χ4v) is 3.44. The van der Waals surface area contributed by atoms with Gasteiger partial charge in [0.25, 0.3) is 6.47 Å². The number of rotatable bonds is 6. The topological polar surface area (TPSA) is 116 Å². The van der Waals surface area contributed by atoms with Crippen molar-refractivity contribution in [2.24, 2.45) is 5.92 Å². The van der Waals surface area contributed by atoms with Crippen molar-refractivity contribution in [2.75, 3.05) is 25.0 Å². The number of carboxylic acids is 1. The highest BCUT2D eigenvalue weighted by Gasteiger charge is 2.34. The van der Waals surface area contributed by atoms with Gasteiger partial charge in [-0.1, -0.05) is 35.5 Å². The maximum atomic E-state index is 11.7. The summed E-state index contributed by atoms with van der Waals surface area (Å²) in [4.78, 5) is 22.6. The van der Waals surface area contributed by atoms with Crippen LogP contribution in [0.4, 0.5) is 5.82 Å². The summed E-state index contributed by atoms with van der Waals surface area (Å²) in [5, 5.41) is 23.6. The van der Waals surface area contributed by atoms with Crippen molar-refractivity contribution in [3.05, 3.63) is 35.9 Å². The molecule has 2 heterocycles. The van der Waals surface area contributed by atoms with Gasteiger partial charge in [0.15, 0.2) is 17.1 Å². The van der Waals surface area contributed by atoms with Crippen LogP contribution in [0.15, 0.2) is 34.9 Å². The second-order valence-corrected chi connectivity index (χ2v) is 6.77. The van der Waals surface area contributed by atoms with E-state index in [4.69, 9.17) is 14.4 Å². The van der Waals surface area contributed by atoms with E-state index in [1.807, 2.05) is 30.3 Å². The van der Waals surface area contributed by atoms with Crippen LogP contribution >= 0.6 is 0 Å². The first-order valence-corrected chi connectivity index (χ1v) is 8.98. The van der Waals surface area contributed by atoms with E-state index >= 15 is 0 Å². The Kier molecular flexibility index (Phi) is 6.08. The highest BCUT2D eigenvalue weighted by atomic mass is 16.5. The quantitative estimate of drug-likeness (QED) is 0.662. The average Bonchev–Trinajstić information content (AvgIpc) is 3.25. The third kappa shape index (κ3) is 4.65. The predicted molar refractivity (Wildman–Crippen MR) is 98.8 cm³/mol. The lowest BCUT2D eigenvalue weighted by atomic mass is 10.1. The number of likely N-dealkylation sites (tertiary alicyclic amines) is 1. The Bertz CT molecular complexity index is 773. The zero-order chi connectivity index (χ0) is 19.2.